The lowest BCUT2D eigenvalue weighted by molar-refractivity contribution is -0.127. The molecule has 2 saturated heterocycles. The molecule has 3 rings (SSSR count). The van der Waals surface area contributed by atoms with Crippen molar-refractivity contribution < 1.29 is 14.4 Å². The number of carbonyl (C=O) groups excluding carboxylic acids is 3. The van der Waals surface area contributed by atoms with Crippen LogP contribution < -0.4 is 10.2 Å². The Labute approximate surface area is 160 Å². The number of nitrogens with zero attached hydrogens (tertiary/aromatic N) is 2. The van der Waals surface area contributed by atoms with Crippen LogP contribution in [-0.2, 0) is 14.4 Å². The van der Waals surface area contributed by atoms with E-state index in [1.54, 1.807) is 4.90 Å². The van der Waals surface area contributed by atoms with Crippen molar-refractivity contribution in [3.63, 3.8) is 0 Å². The highest BCUT2D eigenvalue weighted by molar-refractivity contribution is 6.00. The molecule has 0 saturated carbocycles. The Kier molecular flexibility index (Phi) is 6.14. The number of carbonyl (C=O) groups is 3. The molecule has 2 aliphatic heterocycles. The molecule has 0 radical (unpaired) electrons. The molecule has 0 aromatic heterocycles. The third-order valence-corrected chi connectivity index (χ3v) is 5.42. The molecule has 1 atom stereocenters. The fourth-order valence-corrected chi connectivity index (χ4v) is 3.75. The minimum Gasteiger partial charge on any atom is -0.356 e. The first-order chi connectivity index (χ1) is 13.0. The Morgan fingerprint density at radius 2 is 2.07 bits per heavy atom. The molecular weight excluding hydrogens is 342 g/mol. The Morgan fingerprint density at radius 1 is 1.26 bits per heavy atom. The molecule has 0 aliphatic carbocycles. The zero-order valence-electron chi connectivity index (χ0n) is 16.2. The Bertz CT molecular complexity index is 716. The molecule has 1 unspecified atom stereocenters. The molecule has 6 heteroatoms. The lowest BCUT2D eigenvalue weighted by Crippen LogP contribution is -2.35. The molecule has 2 heterocycles. The number of likely N-dealkylation sites (tertiary alicyclic amines) is 1. The van der Waals surface area contributed by atoms with Gasteiger partial charge >= 0.3 is 0 Å². The van der Waals surface area contributed by atoms with Gasteiger partial charge in [0.05, 0.1) is 5.92 Å². The third-order valence-electron chi connectivity index (χ3n) is 5.42. The van der Waals surface area contributed by atoms with Gasteiger partial charge in [-0.05, 0) is 36.5 Å². The number of anilines is 1. The van der Waals surface area contributed by atoms with Crippen LogP contribution in [0.15, 0.2) is 24.3 Å². The van der Waals surface area contributed by atoms with E-state index in [1.165, 1.54) is 5.56 Å². The Balaban J connectivity index is 1.48. The summed E-state index contributed by atoms with van der Waals surface area (Å²) >= 11 is 0. The summed E-state index contributed by atoms with van der Waals surface area (Å²) in [4.78, 5) is 40.0. The largest absolute Gasteiger partial charge is 0.356 e. The van der Waals surface area contributed by atoms with E-state index in [0.29, 0.717) is 32.0 Å². The van der Waals surface area contributed by atoms with Gasteiger partial charge in [0.15, 0.2) is 0 Å². The second-order valence-electron chi connectivity index (χ2n) is 7.78. The molecule has 2 aliphatic rings. The van der Waals surface area contributed by atoms with E-state index < -0.39 is 0 Å². The SMILES string of the molecule is CC(C)c1cccc(N2CC(C(=O)NCCCN3CCCC3=O)CC2=O)c1. The van der Waals surface area contributed by atoms with Gasteiger partial charge in [-0.15, -0.1) is 0 Å². The smallest absolute Gasteiger partial charge is 0.227 e. The molecule has 1 N–H and O–H groups in total. The summed E-state index contributed by atoms with van der Waals surface area (Å²) in [5, 5.41) is 2.93. The highest BCUT2D eigenvalue weighted by Gasteiger charge is 2.35. The van der Waals surface area contributed by atoms with Crippen LogP contribution in [0.4, 0.5) is 5.69 Å². The van der Waals surface area contributed by atoms with E-state index in [0.717, 1.165) is 25.1 Å². The number of hydrogen-bond acceptors (Lipinski definition) is 3. The predicted molar refractivity (Wildman–Crippen MR) is 104 cm³/mol. The van der Waals surface area contributed by atoms with Crippen LogP contribution in [0, 0.1) is 5.92 Å². The molecule has 3 amide bonds. The average Bonchev–Trinajstić information content (AvgIpc) is 3.24. The van der Waals surface area contributed by atoms with E-state index in [9.17, 15) is 14.4 Å². The van der Waals surface area contributed by atoms with E-state index in [1.807, 2.05) is 23.1 Å². The van der Waals surface area contributed by atoms with Gasteiger partial charge in [0, 0.05) is 44.7 Å². The van der Waals surface area contributed by atoms with Crippen LogP contribution in [0.5, 0.6) is 0 Å². The topological polar surface area (TPSA) is 69.7 Å². The summed E-state index contributed by atoms with van der Waals surface area (Å²) in [6.07, 6.45) is 2.58. The number of rotatable bonds is 7. The fraction of sp³-hybridized carbons (Fsp3) is 0.571. The molecule has 146 valence electrons. The Hall–Kier alpha value is -2.37. The molecular formula is C21H29N3O3. The summed E-state index contributed by atoms with van der Waals surface area (Å²) in [5.74, 6) is 0.220. The zero-order chi connectivity index (χ0) is 19.4. The number of nitrogens with one attached hydrogen (secondary N) is 1. The lowest BCUT2D eigenvalue weighted by atomic mass is 10.0. The maximum absolute atomic E-state index is 12.4. The number of benzene rings is 1. The van der Waals surface area contributed by atoms with Crippen molar-refractivity contribution in [1.29, 1.82) is 0 Å². The maximum Gasteiger partial charge on any atom is 0.227 e. The van der Waals surface area contributed by atoms with Crippen molar-refractivity contribution >= 4 is 23.4 Å². The first kappa shape index (κ1) is 19.4. The summed E-state index contributed by atoms with van der Waals surface area (Å²) in [5.41, 5.74) is 2.05. The summed E-state index contributed by atoms with van der Waals surface area (Å²) in [7, 11) is 0. The second-order valence-corrected chi connectivity index (χ2v) is 7.78. The first-order valence-electron chi connectivity index (χ1n) is 9.91. The van der Waals surface area contributed by atoms with E-state index in [4.69, 9.17) is 0 Å². The molecule has 1 aromatic carbocycles. The van der Waals surface area contributed by atoms with Crippen LogP contribution in [0.3, 0.4) is 0 Å². The van der Waals surface area contributed by atoms with Gasteiger partial charge in [-0.25, -0.2) is 0 Å². The van der Waals surface area contributed by atoms with E-state index in [-0.39, 0.29) is 30.1 Å². The molecule has 27 heavy (non-hydrogen) atoms. The average molecular weight is 371 g/mol. The van der Waals surface area contributed by atoms with Crippen molar-refractivity contribution in [2.24, 2.45) is 5.92 Å². The minimum atomic E-state index is -0.311. The van der Waals surface area contributed by atoms with Crippen molar-refractivity contribution in [3.8, 4) is 0 Å². The molecule has 2 fully saturated rings. The summed E-state index contributed by atoms with van der Waals surface area (Å²) < 4.78 is 0. The third kappa shape index (κ3) is 4.67. The number of amides is 3. The predicted octanol–water partition coefficient (Wildman–Crippen LogP) is 2.29. The molecule has 1 aromatic rings. The quantitative estimate of drug-likeness (QED) is 0.748. The first-order valence-corrected chi connectivity index (χ1v) is 9.91. The monoisotopic (exact) mass is 371 g/mol. The van der Waals surface area contributed by atoms with Crippen LogP contribution >= 0.6 is 0 Å². The van der Waals surface area contributed by atoms with Crippen molar-refractivity contribution in [2.45, 2.75) is 45.4 Å². The maximum atomic E-state index is 12.4. The standard InChI is InChI=1S/C21H29N3O3/c1-15(2)16-6-3-7-18(12-16)24-14-17(13-20(24)26)21(27)22-9-5-11-23-10-4-8-19(23)25/h3,6-7,12,15,17H,4-5,8-11,13-14H2,1-2H3,(H,22,27). The van der Waals surface area contributed by atoms with E-state index in [2.05, 4.69) is 25.2 Å². The second kappa shape index (κ2) is 8.55. The van der Waals surface area contributed by atoms with Gasteiger partial charge < -0.3 is 15.1 Å². The Morgan fingerprint density at radius 3 is 2.78 bits per heavy atom. The number of hydrogen-bond donors (Lipinski definition) is 1. The van der Waals surface area contributed by atoms with Crippen LogP contribution in [-0.4, -0.2) is 48.8 Å². The zero-order valence-corrected chi connectivity index (χ0v) is 16.2. The van der Waals surface area contributed by atoms with Gasteiger partial charge in [0.2, 0.25) is 17.7 Å². The normalized spacial score (nSPS) is 20.0. The molecule has 6 nitrogen and oxygen atoms in total. The van der Waals surface area contributed by atoms with Gasteiger partial charge in [-0.3, -0.25) is 14.4 Å². The van der Waals surface area contributed by atoms with Crippen LogP contribution in [0.2, 0.25) is 0 Å². The van der Waals surface area contributed by atoms with Crippen molar-refractivity contribution in [2.75, 3.05) is 31.1 Å². The highest BCUT2D eigenvalue weighted by atomic mass is 16.2. The van der Waals surface area contributed by atoms with Gasteiger partial charge in [0.25, 0.3) is 0 Å². The van der Waals surface area contributed by atoms with Gasteiger partial charge in [-0.2, -0.15) is 0 Å². The van der Waals surface area contributed by atoms with Crippen molar-refractivity contribution in [1.82, 2.24) is 10.2 Å². The van der Waals surface area contributed by atoms with Crippen molar-refractivity contribution in [3.05, 3.63) is 29.8 Å². The fourth-order valence-electron chi connectivity index (χ4n) is 3.75. The van der Waals surface area contributed by atoms with Gasteiger partial charge in [-0.1, -0.05) is 26.0 Å². The molecule has 0 bridgehead atoms. The molecule has 0 spiro atoms. The van der Waals surface area contributed by atoms with Gasteiger partial charge in [0.1, 0.15) is 0 Å². The van der Waals surface area contributed by atoms with Crippen LogP contribution in [0.1, 0.15) is 51.0 Å². The highest BCUT2D eigenvalue weighted by Crippen LogP contribution is 2.27. The summed E-state index contributed by atoms with van der Waals surface area (Å²) in [6.45, 7) is 6.73. The lowest BCUT2D eigenvalue weighted by Gasteiger charge is -2.19. The summed E-state index contributed by atoms with van der Waals surface area (Å²) in [6, 6.07) is 7.99. The van der Waals surface area contributed by atoms with Crippen LogP contribution in [0.25, 0.3) is 0 Å². The minimum absolute atomic E-state index is 0.00119. The van der Waals surface area contributed by atoms with E-state index >= 15 is 0 Å².